The Hall–Kier alpha value is -1.63. The fraction of sp³-hybridized carbons (Fsp3) is 0.611. The monoisotopic (exact) mass is 368 g/mol. The quantitative estimate of drug-likeness (QED) is 0.839. The van der Waals surface area contributed by atoms with Crippen LogP contribution >= 0.6 is 0 Å². The Bertz CT molecular complexity index is 735. The molecule has 2 aliphatic rings. The Morgan fingerprint density at radius 3 is 2.44 bits per heavy atom. The molecule has 0 unspecified atom stereocenters. The molecular formula is C18H25FN2O3S. The highest BCUT2D eigenvalue weighted by atomic mass is 32.2. The van der Waals surface area contributed by atoms with Crippen LogP contribution in [0, 0.1) is 17.7 Å². The number of halogens is 1. The molecule has 0 aromatic heterocycles. The molecule has 1 aromatic rings. The zero-order valence-corrected chi connectivity index (χ0v) is 15.4. The number of nitrogens with one attached hydrogen (secondary N) is 1. The largest absolute Gasteiger partial charge is 0.351 e. The molecule has 1 N–H and O–H groups in total. The van der Waals surface area contributed by atoms with Crippen molar-refractivity contribution in [3.63, 3.8) is 0 Å². The standard InChI is InChI=1S/C18H25FN2O3S/c1-3-17(18(22)20-16-11-12-4-5-13(16)10-12)21(25(2,23)24)15-8-6-14(19)7-9-15/h6-9,12-13,16-17H,3-5,10-11H2,1-2H3,(H,20,22)/t12-,13-,16-,17-/m0/s1. The molecule has 7 heteroatoms. The van der Waals surface area contributed by atoms with Crippen molar-refractivity contribution in [1.82, 2.24) is 5.32 Å². The second-order valence-corrected chi connectivity index (χ2v) is 9.11. The second kappa shape index (κ2) is 6.94. The highest BCUT2D eigenvalue weighted by Crippen LogP contribution is 2.44. The van der Waals surface area contributed by atoms with Gasteiger partial charge in [0.2, 0.25) is 15.9 Å². The minimum atomic E-state index is -3.68. The van der Waals surface area contributed by atoms with E-state index in [-0.39, 0.29) is 11.9 Å². The lowest BCUT2D eigenvalue weighted by atomic mass is 9.95. The third kappa shape index (κ3) is 3.81. The van der Waals surface area contributed by atoms with Crippen LogP contribution in [0.5, 0.6) is 0 Å². The number of amides is 1. The number of hydrogen-bond acceptors (Lipinski definition) is 3. The number of hydrogen-bond donors (Lipinski definition) is 1. The average Bonchev–Trinajstić information content (AvgIpc) is 3.15. The van der Waals surface area contributed by atoms with Crippen molar-refractivity contribution in [3.8, 4) is 0 Å². The molecule has 2 bridgehead atoms. The number of fused-ring (bicyclic) bond motifs is 2. The van der Waals surface area contributed by atoms with Crippen LogP contribution in [-0.2, 0) is 14.8 Å². The highest BCUT2D eigenvalue weighted by molar-refractivity contribution is 7.92. The van der Waals surface area contributed by atoms with E-state index in [1.807, 2.05) is 0 Å². The molecule has 0 saturated heterocycles. The van der Waals surface area contributed by atoms with Gasteiger partial charge in [0.05, 0.1) is 11.9 Å². The van der Waals surface area contributed by atoms with E-state index in [2.05, 4.69) is 5.32 Å². The van der Waals surface area contributed by atoms with E-state index in [4.69, 9.17) is 0 Å². The van der Waals surface area contributed by atoms with Crippen LogP contribution in [0.4, 0.5) is 10.1 Å². The molecule has 2 fully saturated rings. The van der Waals surface area contributed by atoms with Gasteiger partial charge >= 0.3 is 0 Å². The number of rotatable bonds is 6. The van der Waals surface area contributed by atoms with Gasteiger partial charge in [-0.3, -0.25) is 9.10 Å². The third-order valence-electron chi connectivity index (χ3n) is 5.48. The van der Waals surface area contributed by atoms with Crippen molar-refractivity contribution in [2.75, 3.05) is 10.6 Å². The SMILES string of the molecule is CC[C@@H](C(=O)N[C@H]1C[C@H]2CC[C@H]1C2)N(c1ccc(F)cc1)S(C)(=O)=O. The lowest BCUT2D eigenvalue weighted by Gasteiger charge is -2.32. The Kier molecular flexibility index (Phi) is 5.04. The van der Waals surface area contributed by atoms with Crippen LogP contribution in [0.15, 0.2) is 24.3 Å². The maximum absolute atomic E-state index is 13.2. The van der Waals surface area contributed by atoms with E-state index in [0.717, 1.165) is 29.8 Å². The van der Waals surface area contributed by atoms with Crippen molar-refractivity contribution in [2.45, 2.75) is 51.1 Å². The molecule has 0 spiro atoms. The van der Waals surface area contributed by atoms with Crippen molar-refractivity contribution in [1.29, 1.82) is 0 Å². The maximum atomic E-state index is 13.2. The smallest absolute Gasteiger partial charge is 0.244 e. The molecule has 2 saturated carbocycles. The molecule has 4 atom stereocenters. The van der Waals surface area contributed by atoms with E-state index >= 15 is 0 Å². The van der Waals surface area contributed by atoms with E-state index in [0.29, 0.717) is 23.9 Å². The number of sulfonamides is 1. The summed E-state index contributed by atoms with van der Waals surface area (Å²) in [6.45, 7) is 1.78. The molecule has 25 heavy (non-hydrogen) atoms. The van der Waals surface area contributed by atoms with Crippen LogP contribution in [0.25, 0.3) is 0 Å². The molecule has 1 aromatic carbocycles. The average molecular weight is 368 g/mol. The number of carbonyl (C=O) groups excluding carboxylic acids is 1. The predicted molar refractivity (Wildman–Crippen MR) is 95.2 cm³/mol. The van der Waals surface area contributed by atoms with Crippen LogP contribution < -0.4 is 9.62 Å². The zero-order valence-electron chi connectivity index (χ0n) is 14.6. The van der Waals surface area contributed by atoms with Gasteiger partial charge in [0.25, 0.3) is 0 Å². The van der Waals surface area contributed by atoms with Crippen LogP contribution in [-0.4, -0.2) is 32.7 Å². The number of nitrogens with zero attached hydrogens (tertiary/aromatic N) is 1. The van der Waals surface area contributed by atoms with Crippen molar-refractivity contribution in [2.24, 2.45) is 11.8 Å². The summed E-state index contributed by atoms with van der Waals surface area (Å²) >= 11 is 0. The Morgan fingerprint density at radius 2 is 1.96 bits per heavy atom. The molecule has 5 nitrogen and oxygen atoms in total. The normalized spacial score (nSPS) is 26.4. The predicted octanol–water partition coefficient (Wildman–Crippen LogP) is 2.68. The van der Waals surface area contributed by atoms with Gasteiger partial charge in [-0.15, -0.1) is 0 Å². The number of carbonyl (C=O) groups is 1. The van der Waals surface area contributed by atoms with Crippen molar-refractivity contribution < 1.29 is 17.6 Å². The first-order valence-corrected chi connectivity index (χ1v) is 10.7. The first kappa shape index (κ1) is 18.2. The lowest BCUT2D eigenvalue weighted by molar-refractivity contribution is -0.123. The molecular weight excluding hydrogens is 343 g/mol. The third-order valence-corrected chi connectivity index (χ3v) is 6.66. The summed E-state index contributed by atoms with van der Waals surface area (Å²) in [5.74, 6) is 0.494. The summed E-state index contributed by atoms with van der Waals surface area (Å²) in [5, 5.41) is 3.08. The molecule has 0 heterocycles. The van der Waals surface area contributed by atoms with Crippen LogP contribution in [0.2, 0.25) is 0 Å². The van der Waals surface area contributed by atoms with Gasteiger partial charge in [-0.1, -0.05) is 13.3 Å². The molecule has 1 amide bonds. The van der Waals surface area contributed by atoms with Crippen LogP contribution in [0.1, 0.15) is 39.0 Å². The summed E-state index contributed by atoms with van der Waals surface area (Å²) in [6, 6.07) is 4.50. The van der Waals surface area contributed by atoms with E-state index in [1.165, 1.54) is 30.7 Å². The lowest BCUT2D eigenvalue weighted by Crippen LogP contribution is -2.52. The summed E-state index contributed by atoms with van der Waals surface area (Å²) in [5.41, 5.74) is 0.304. The van der Waals surface area contributed by atoms with E-state index in [9.17, 15) is 17.6 Å². The van der Waals surface area contributed by atoms with Gasteiger partial charge in [-0.25, -0.2) is 12.8 Å². The van der Waals surface area contributed by atoms with E-state index < -0.39 is 21.9 Å². The second-order valence-electron chi connectivity index (χ2n) is 7.25. The first-order valence-electron chi connectivity index (χ1n) is 8.85. The van der Waals surface area contributed by atoms with Crippen molar-refractivity contribution in [3.05, 3.63) is 30.1 Å². The molecule has 138 valence electrons. The van der Waals surface area contributed by atoms with Gasteiger partial charge < -0.3 is 5.32 Å². The van der Waals surface area contributed by atoms with Gasteiger partial charge in [-0.05, 0) is 61.8 Å². The Balaban J connectivity index is 1.82. The highest BCUT2D eigenvalue weighted by Gasteiger charge is 2.41. The fourth-order valence-corrected chi connectivity index (χ4v) is 5.56. The number of benzene rings is 1. The Morgan fingerprint density at radius 1 is 1.28 bits per heavy atom. The van der Waals surface area contributed by atoms with Gasteiger partial charge in [0.15, 0.2) is 0 Å². The fourth-order valence-electron chi connectivity index (χ4n) is 4.35. The summed E-state index contributed by atoms with van der Waals surface area (Å²) in [7, 11) is -3.68. The van der Waals surface area contributed by atoms with Gasteiger partial charge in [0.1, 0.15) is 11.9 Å². The molecule has 0 radical (unpaired) electrons. The minimum Gasteiger partial charge on any atom is -0.351 e. The summed E-state index contributed by atoms with van der Waals surface area (Å²) < 4.78 is 39.0. The van der Waals surface area contributed by atoms with Gasteiger partial charge in [-0.2, -0.15) is 0 Å². The maximum Gasteiger partial charge on any atom is 0.244 e. The molecule has 2 aliphatic carbocycles. The van der Waals surface area contributed by atoms with Crippen molar-refractivity contribution >= 4 is 21.6 Å². The Labute approximate surface area is 148 Å². The molecule has 0 aliphatic heterocycles. The van der Waals surface area contributed by atoms with Crippen LogP contribution in [0.3, 0.4) is 0 Å². The van der Waals surface area contributed by atoms with E-state index in [1.54, 1.807) is 6.92 Å². The first-order chi connectivity index (χ1) is 11.8. The number of anilines is 1. The minimum absolute atomic E-state index is 0.148. The topological polar surface area (TPSA) is 66.5 Å². The zero-order chi connectivity index (χ0) is 18.2. The molecule has 3 rings (SSSR count). The van der Waals surface area contributed by atoms with Gasteiger partial charge in [0, 0.05) is 6.04 Å². The summed E-state index contributed by atoms with van der Waals surface area (Å²) in [4.78, 5) is 12.8. The summed E-state index contributed by atoms with van der Waals surface area (Å²) in [6.07, 6.45) is 5.94.